The molecule has 0 spiro atoms. The first-order chi connectivity index (χ1) is 15.8. The van der Waals surface area contributed by atoms with Crippen LogP contribution in [0.25, 0.3) is 28.2 Å². The molecule has 32 heavy (non-hydrogen) atoms. The number of pyridine rings is 1. The molecule has 1 aromatic carbocycles. The van der Waals surface area contributed by atoms with Gasteiger partial charge in [-0.15, -0.1) is 0 Å². The maximum atomic E-state index is 12.4. The van der Waals surface area contributed by atoms with Gasteiger partial charge >= 0.3 is 0 Å². The number of carbonyl (C=O) groups excluding carboxylic acids is 1. The largest absolute Gasteiger partial charge is 0.379 e. The Hall–Kier alpha value is -3.49. The van der Waals surface area contributed by atoms with E-state index in [1.807, 2.05) is 30.6 Å². The van der Waals surface area contributed by atoms with Crippen molar-refractivity contribution in [1.82, 2.24) is 25.5 Å². The lowest BCUT2D eigenvalue weighted by Gasteiger charge is -2.26. The van der Waals surface area contributed by atoms with Crippen molar-refractivity contribution in [3.8, 4) is 11.1 Å². The smallest absolute Gasteiger partial charge is 0.276 e. The standard InChI is InChI=1S/C24H26N6O2/c31-23-21(28-24(29-23)25-7-4-8-30-9-11-32-12-10-30)14-19-16-27-22-20(19)13-18(15-26-22)17-5-2-1-3-6-17/h1-3,5-6,13-16H,4,7-12H2,(H,26,27)(H2,25,28,29,31)/b21-14-. The van der Waals surface area contributed by atoms with E-state index >= 15 is 0 Å². The zero-order valence-electron chi connectivity index (χ0n) is 17.8. The first-order valence-electron chi connectivity index (χ1n) is 10.9. The van der Waals surface area contributed by atoms with Crippen LogP contribution in [0, 0.1) is 0 Å². The van der Waals surface area contributed by atoms with Gasteiger partial charge in [0, 0.05) is 48.5 Å². The molecule has 3 N–H and O–H groups in total. The Morgan fingerprint density at radius 1 is 1.16 bits per heavy atom. The normalized spacial score (nSPS) is 18.2. The second kappa shape index (κ2) is 9.33. The molecular weight excluding hydrogens is 404 g/mol. The number of amides is 1. The third-order valence-corrected chi connectivity index (χ3v) is 5.71. The monoisotopic (exact) mass is 430 g/mol. The van der Waals surface area contributed by atoms with E-state index in [2.05, 4.69) is 48.7 Å². The maximum absolute atomic E-state index is 12.4. The lowest BCUT2D eigenvalue weighted by atomic mass is 10.1. The Balaban J connectivity index is 1.27. The van der Waals surface area contributed by atoms with Gasteiger partial charge < -0.3 is 15.0 Å². The van der Waals surface area contributed by atoms with Crippen molar-refractivity contribution in [1.29, 1.82) is 0 Å². The molecule has 0 bridgehead atoms. The molecule has 3 aromatic rings. The van der Waals surface area contributed by atoms with Gasteiger partial charge in [0.1, 0.15) is 11.3 Å². The Labute approximate surface area is 186 Å². The highest BCUT2D eigenvalue weighted by molar-refractivity contribution is 6.14. The van der Waals surface area contributed by atoms with Crippen molar-refractivity contribution in [3.05, 3.63) is 60.1 Å². The quantitative estimate of drug-likeness (QED) is 0.412. The van der Waals surface area contributed by atoms with E-state index in [9.17, 15) is 4.79 Å². The fourth-order valence-corrected chi connectivity index (χ4v) is 3.97. The zero-order chi connectivity index (χ0) is 21.8. The highest BCUT2D eigenvalue weighted by atomic mass is 16.5. The molecule has 5 rings (SSSR count). The van der Waals surface area contributed by atoms with Gasteiger partial charge in [0.05, 0.1) is 13.2 Å². The summed E-state index contributed by atoms with van der Waals surface area (Å²) in [6.45, 7) is 5.33. The molecule has 2 aliphatic heterocycles. The number of aromatic nitrogens is 2. The SMILES string of the molecule is O=C1NC(NCCCN2CCOCC2)=N/C1=C\c1c[nH]c2ncc(-c3ccccc3)cc12. The second-order valence-electron chi connectivity index (χ2n) is 7.91. The van der Waals surface area contributed by atoms with E-state index < -0.39 is 0 Å². The van der Waals surface area contributed by atoms with Crippen molar-refractivity contribution in [2.45, 2.75) is 6.42 Å². The van der Waals surface area contributed by atoms with Crippen molar-refractivity contribution >= 4 is 29.0 Å². The molecule has 2 aliphatic rings. The van der Waals surface area contributed by atoms with E-state index in [0.29, 0.717) is 11.7 Å². The van der Waals surface area contributed by atoms with Gasteiger partial charge in [-0.1, -0.05) is 30.3 Å². The van der Waals surface area contributed by atoms with Crippen molar-refractivity contribution < 1.29 is 9.53 Å². The Morgan fingerprint density at radius 2 is 2.00 bits per heavy atom. The molecule has 0 aliphatic carbocycles. The molecule has 1 saturated heterocycles. The van der Waals surface area contributed by atoms with Crippen LogP contribution in [-0.2, 0) is 9.53 Å². The highest BCUT2D eigenvalue weighted by Crippen LogP contribution is 2.26. The first kappa shape index (κ1) is 20.4. The molecule has 1 fully saturated rings. The fourth-order valence-electron chi connectivity index (χ4n) is 3.97. The van der Waals surface area contributed by atoms with Crippen molar-refractivity contribution in [2.24, 2.45) is 4.99 Å². The summed E-state index contributed by atoms with van der Waals surface area (Å²) in [5.74, 6) is 0.299. The van der Waals surface area contributed by atoms with Gasteiger partial charge in [-0.25, -0.2) is 9.98 Å². The summed E-state index contributed by atoms with van der Waals surface area (Å²) in [4.78, 5) is 27.0. The topological polar surface area (TPSA) is 94.6 Å². The van der Waals surface area contributed by atoms with Crippen LogP contribution in [0.5, 0.6) is 0 Å². The van der Waals surface area contributed by atoms with Gasteiger partial charge in [-0.2, -0.15) is 0 Å². The number of guanidine groups is 1. The minimum Gasteiger partial charge on any atom is -0.379 e. The average Bonchev–Trinajstić information content (AvgIpc) is 3.40. The number of rotatable bonds is 6. The lowest BCUT2D eigenvalue weighted by Crippen LogP contribution is -2.40. The molecule has 8 nitrogen and oxygen atoms in total. The van der Waals surface area contributed by atoms with Crippen molar-refractivity contribution in [2.75, 3.05) is 39.4 Å². The number of nitrogens with one attached hydrogen (secondary N) is 3. The average molecular weight is 431 g/mol. The second-order valence-corrected chi connectivity index (χ2v) is 7.91. The fraction of sp³-hybridized carbons (Fsp3) is 0.292. The lowest BCUT2D eigenvalue weighted by molar-refractivity contribution is -0.115. The summed E-state index contributed by atoms with van der Waals surface area (Å²) in [5, 5.41) is 6.99. The number of nitrogens with zero attached hydrogens (tertiary/aromatic N) is 3. The summed E-state index contributed by atoms with van der Waals surface area (Å²) in [6, 6.07) is 12.2. The van der Waals surface area contributed by atoms with Gasteiger partial charge in [0.25, 0.3) is 5.91 Å². The molecule has 8 heteroatoms. The number of ether oxygens (including phenoxy) is 1. The Morgan fingerprint density at radius 3 is 2.84 bits per heavy atom. The molecule has 2 aromatic heterocycles. The number of benzene rings is 1. The highest BCUT2D eigenvalue weighted by Gasteiger charge is 2.20. The summed E-state index contributed by atoms with van der Waals surface area (Å²) >= 11 is 0. The summed E-state index contributed by atoms with van der Waals surface area (Å²) in [6.07, 6.45) is 6.48. The minimum atomic E-state index is -0.206. The predicted molar refractivity (Wildman–Crippen MR) is 125 cm³/mol. The van der Waals surface area contributed by atoms with E-state index in [1.165, 1.54) is 0 Å². The molecule has 0 atom stereocenters. The van der Waals surface area contributed by atoms with Crippen LogP contribution in [0.1, 0.15) is 12.0 Å². The number of fused-ring (bicyclic) bond motifs is 1. The Kier molecular flexibility index (Phi) is 5.96. The van der Waals surface area contributed by atoms with E-state index in [-0.39, 0.29) is 5.91 Å². The first-order valence-corrected chi connectivity index (χ1v) is 10.9. The van der Waals surface area contributed by atoms with Crippen LogP contribution in [0.2, 0.25) is 0 Å². The van der Waals surface area contributed by atoms with Crippen LogP contribution in [0.4, 0.5) is 0 Å². The van der Waals surface area contributed by atoms with E-state index in [0.717, 1.165) is 73.5 Å². The van der Waals surface area contributed by atoms with Gasteiger partial charge in [0.2, 0.25) is 5.96 Å². The zero-order valence-corrected chi connectivity index (χ0v) is 17.8. The molecule has 0 unspecified atom stereocenters. The predicted octanol–water partition coefficient (Wildman–Crippen LogP) is 2.37. The molecule has 4 heterocycles. The molecule has 164 valence electrons. The van der Waals surface area contributed by atoms with Crippen LogP contribution in [-0.4, -0.2) is 66.1 Å². The van der Waals surface area contributed by atoms with Crippen molar-refractivity contribution in [3.63, 3.8) is 0 Å². The van der Waals surface area contributed by atoms with Gasteiger partial charge in [-0.3, -0.25) is 15.0 Å². The summed E-state index contributed by atoms with van der Waals surface area (Å²) in [5.41, 5.74) is 4.17. The minimum absolute atomic E-state index is 0.206. The molecular formula is C24H26N6O2. The van der Waals surface area contributed by atoms with Gasteiger partial charge in [-0.05, 0) is 30.7 Å². The third kappa shape index (κ3) is 4.56. The number of aromatic amines is 1. The molecule has 0 radical (unpaired) electrons. The van der Waals surface area contributed by atoms with Crippen LogP contribution in [0.3, 0.4) is 0 Å². The molecule has 0 saturated carbocycles. The number of aliphatic imine (C=N–C) groups is 1. The van der Waals surface area contributed by atoms with Crippen LogP contribution in [0.15, 0.2) is 59.5 Å². The summed E-state index contributed by atoms with van der Waals surface area (Å²) in [7, 11) is 0. The number of H-pyrrole nitrogens is 1. The number of hydrogen-bond donors (Lipinski definition) is 3. The third-order valence-electron chi connectivity index (χ3n) is 5.71. The maximum Gasteiger partial charge on any atom is 0.276 e. The number of hydrogen-bond acceptors (Lipinski definition) is 6. The van der Waals surface area contributed by atoms with E-state index in [1.54, 1.807) is 6.08 Å². The number of carbonyl (C=O) groups is 1. The van der Waals surface area contributed by atoms with E-state index in [4.69, 9.17) is 4.74 Å². The summed E-state index contributed by atoms with van der Waals surface area (Å²) < 4.78 is 5.37. The van der Waals surface area contributed by atoms with Gasteiger partial charge in [0.15, 0.2) is 0 Å². The van der Waals surface area contributed by atoms with Crippen LogP contribution < -0.4 is 10.6 Å². The van der Waals surface area contributed by atoms with Crippen LogP contribution >= 0.6 is 0 Å². The molecule has 1 amide bonds. The number of morpholine rings is 1. The Bertz CT molecular complexity index is 1160.